The number of morpholine rings is 1. The summed E-state index contributed by atoms with van der Waals surface area (Å²) >= 11 is 0. The Morgan fingerprint density at radius 3 is 2.88 bits per heavy atom. The second-order valence-corrected chi connectivity index (χ2v) is 4.96. The fourth-order valence-electron chi connectivity index (χ4n) is 2.13. The molecular formula is C13H20N2O2. The minimum Gasteiger partial charge on any atom is -0.468 e. The lowest BCUT2D eigenvalue weighted by Gasteiger charge is -2.25. The van der Waals surface area contributed by atoms with Gasteiger partial charge in [0, 0.05) is 31.2 Å². The van der Waals surface area contributed by atoms with E-state index in [9.17, 15) is 0 Å². The first-order chi connectivity index (χ1) is 8.40. The zero-order valence-corrected chi connectivity index (χ0v) is 10.2. The van der Waals surface area contributed by atoms with E-state index in [1.165, 1.54) is 18.4 Å². The molecular weight excluding hydrogens is 216 g/mol. The molecule has 2 fully saturated rings. The summed E-state index contributed by atoms with van der Waals surface area (Å²) in [5.41, 5.74) is 1.26. The fraction of sp³-hybridized carbons (Fsp3) is 0.692. The molecule has 17 heavy (non-hydrogen) atoms. The molecule has 1 saturated carbocycles. The summed E-state index contributed by atoms with van der Waals surface area (Å²) in [4.78, 5) is 2.38. The van der Waals surface area contributed by atoms with Gasteiger partial charge >= 0.3 is 0 Å². The van der Waals surface area contributed by atoms with Gasteiger partial charge in [0.1, 0.15) is 5.76 Å². The molecule has 94 valence electrons. The molecule has 2 heterocycles. The van der Waals surface area contributed by atoms with Crippen LogP contribution in [0.5, 0.6) is 0 Å². The quantitative estimate of drug-likeness (QED) is 0.837. The van der Waals surface area contributed by atoms with E-state index in [1.54, 1.807) is 0 Å². The number of hydrogen-bond acceptors (Lipinski definition) is 4. The maximum absolute atomic E-state index is 5.60. The molecule has 3 rings (SSSR count). The minimum atomic E-state index is 0.757. The molecule has 1 aliphatic heterocycles. The van der Waals surface area contributed by atoms with Crippen molar-refractivity contribution in [2.45, 2.75) is 32.0 Å². The first-order valence-electron chi connectivity index (χ1n) is 6.50. The molecule has 0 spiro atoms. The van der Waals surface area contributed by atoms with Gasteiger partial charge in [-0.3, -0.25) is 4.90 Å². The van der Waals surface area contributed by atoms with Crippen molar-refractivity contribution in [1.82, 2.24) is 10.2 Å². The van der Waals surface area contributed by atoms with E-state index in [0.29, 0.717) is 0 Å². The van der Waals surface area contributed by atoms with E-state index < -0.39 is 0 Å². The van der Waals surface area contributed by atoms with Crippen LogP contribution in [-0.2, 0) is 17.8 Å². The largest absolute Gasteiger partial charge is 0.468 e. The number of hydrogen-bond donors (Lipinski definition) is 1. The monoisotopic (exact) mass is 236 g/mol. The summed E-state index contributed by atoms with van der Waals surface area (Å²) in [5.74, 6) is 1.07. The lowest BCUT2D eigenvalue weighted by molar-refractivity contribution is 0.0313. The second-order valence-electron chi connectivity index (χ2n) is 4.96. The van der Waals surface area contributed by atoms with Crippen molar-refractivity contribution in [3.63, 3.8) is 0 Å². The standard InChI is InChI=1S/C13H20N2O2/c1-2-12(1)14-8-11-7-13(17-10-11)9-15-3-5-16-6-4-15/h7,10,12,14H,1-6,8-9H2. The molecule has 0 radical (unpaired) electrons. The average molecular weight is 236 g/mol. The molecule has 4 heteroatoms. The predicted octanol–water partition coefficient (Wildman–Crippen LogP) is 1.36. The minimum absolute atomic E-state index is 0.757. The highest BCUT2D eigenvalue weighted by atomic mass is 16.5. The molecule has 1 aliphatic carbocycles. The van der Waals surface area contributed by atoms with Gasteiger partial charge in [0.25, 0.3) is 0 Å². The summed E-state index contributed by atoms with van der Waals surface area (Å²) < 4.78 is 10.9. The van der Waals surface area contributed by atoms with E-state index in [-0.39, 0.29) is 0 Å². The molecule has 4 nitrogen and oxygen atoms in total. The number of furan rings is 1. The van der Waals surface area contributed by atoms with Crippen LogP contribution in [0.4, 0.5) is 0 Å². The van der Waals surface area contributed by atoms with E-state index in [2.05, 4.69) is 16.3 Å². The van der Waals surface area contributed by atoms with Crippen LogP contribution in [-0.4, -0.2) is 37.2 Å². The number of ether oxygens (including phenoxy) is 1. The molecule has 1 aromatic rings. The van der Waals surface area contributed by atoms with E-state index in [1.807, 2.05) is 6.26 Å². The predicted molar refractivity (Wildman–Crippen MR) is 64.7 cm³/mol. The van der Waals surface area contributed by atoms with Gasteiger partial charge in [-0.1, -0.05) is 0 Å². The van der Waals surface area contributed by atoms with Gasteiger partial charge in [-0.2, -0.15) is 0 Å². The van der Waals surface area contributed by atoms with Crippen LogP contribution >= 0.6 is 0 Å². The van der Waals surface area contributed by atoms with Crippen molar-refractivity contribution in [3.05, 3.63) is 23.7 Å². The van der Waals surface area contributed by atoms with Gasteiger partial charge in [0.15, 0.2) is 0 Å². The molecule has 0 amide bonds. The molecule has 1 aromatic heterocycles. The van der Waals surface area contributed by atoms with Crippen molar-refractivity contribution in [1.29, 1.82) is 0 Å². The molecule has 1 N–H and O–H groups in total. The van der Waals surface area contributed by atoms with E-state index in [4.69, 9.17) is 9.15 Å². The third kappa shape index (κ3) is 3.31. The Hall–Kier alpha value is -0.840. The van der Waals surface area contributed by atoms with Crippen LogP contribution < -0.4 is 5.32 Å². The first kappa shape index (κ1) is 11.3. The fourth-order valence-corrected chi connectivity index (χ4v) is 2.13. The maximum Gasteiger partial charge on any atom is 0.118 e. The van der Waals surface area contributed by atoms with Crippen molar-refractivity contribution in [3.8, 4) is 0 Å². The van der Waals surface area contributed by atoms with Crippen LogP contribution in [0.15, 0.2) is 16.7 Å². The van der Waals surface area contributed by atoms with Crippen molar-refractivity contribution < 1.29 is 9.15 Å². The van der Waals surface area contributed by atoms with Gasteiger partial charge in [-0.15, -0.1) is 0 Å². The van der Waals surface area contributed by atoms with Crippen LogP contribution in [0.2, 0.25) is 0 Å². The highest BCUT2D eigenvalue weighted by molar-refractivity contribution is 5.13. The Morgan fingerprint density at radius 1 is 1.29 bits per heavy atom. The number of nitrogens with zero attached hydrogens (tertiary/aromatic N) is 1. The molecule has 0 aromatic carbocycles. The third-order valence-electron chi connectivity index (χ3n) is 3.36. The number of nitrogens with one attached hydrogen (secondary N) is 1. The molecule has 0 bridgehead atoms. The van der Waals surface area contributed by atoms with Gasteiger partial charge in [0.2, 0.25) is 0 Å². The first-order valence-corrected chi connectivity index (χ1v) is 6.50. The molecule has 0 unspecified atom stereocenters. The van der Waals surface area contributed by atoms with Crippen molar-refractivity contribution in [2.75, 3.05) is 26.3 Å². The topological polar surface area (TPSA) is 37.6 Å². The summed E-state index contributed by atoms with van der Waals surface area (Å²) in [7, 11) is 0. The highest BCUT2D eigenvalue weighted by Gasteiger charge is 2.20. The Labute approximate surface area is 102 Å². The zero-order chi connectivity index (χ0) is 11.5. The van der Waals surface area contributed by atoms with Gasteiger partial charge in [-0.05, 0) is 18.9 Å². The van der Waals surface area contributed by atoms with Gasteiger partial charge < -0.3 is 14.5 Å². The Morgan fingerprint density at radius 2 is 2.12 bits per heavy atom. The number of rotatable bonds is 5. The smallest absolute Gasteiger partial charge is 0.118 e. The Kier molecular flexibility index (Phi) is 3.45. The van der Waals surface area contributed by atoms with E-state index in [0.717, 1.165) is 51.2 Å². The second kappa shape index (κ2) is 5.21. The SMILES string of the molecule is c1oc(CN2CCOCC2)cc1CNC1CC1. The molecule has 1 saturated heterocycles. The normalized spacial score (nSPS) is 21.9. The van der Waals surface area contributed by atoms with Crippen LogP contribution in [0.1, 0.15) is 24.2 Å². The van der Waals surface area contributed by atoms with E-state index >= 15 is 0 Å². The summed E-state index contributed by atoms with van der Waals surface area (Å²) in [6, 6.07) is 2.93. The van der Waals surface area contributed by atoms with Crippen LogP contribution in [0.3, 0.4) is 0 Å². The van der Waals surface area contributed by atoms with Crippen molar-refractivity contribution in [2.24, 2.45) is 0 Å². The molecule has 2 aliphatic rings. The summed E-state index contributed by atoms with van der Waals surface area (Å²) in [6.45, 7) is 5.56. The maximum atomic E-state index is 5.60. The van der Waals surface area contributed by atoms with Gasteiger partial charge in [0.05, 0.1) is 26.0 Å². The van der Waals surface area contributed by atoms with Gasteiger partial charge in [-0.25, -0.2) is 0 Å². The lowest BCUT2D eigenvalue weighted by atomic mass is 10.3. The lowest BCUT2D eigenvalue weighted by Crippen LogP contribution is -2.35. The Balaban J connectivity index is 1.48. The summed E-state index contributed by atoms with van der Waals surface area (Å²) in [6.07, 6.45) is 4.54. The molecule has 0 atom stereocenters. The summed E-state index contributed by atoms with van der Waals surface area (Å²) in [5, 5.41) is 3.50. The average Bonchev–Trinajstić information content (AvgIpc) is 3.09. The van der Waals surface area contributed by atoms with Crippen LogP contribution in [0, 0.1) is 0 Å². The Bertz CT molecular complexity index is 354. The highest BCUT2D eigenvalue weighted by Crippen LogP contribution is 2.20. The van der Waals surface area contributed by atoms with Crippen molar-refractivity contribution >= 4 is 0 Å². The van der Waals surface area contributed by atoms with Crippen LogP contribution in [0.25, 0.3) is 0 Å². The zero-order valence-electron chi connectivity index (χ0n) is 10.2. The third-order valence-corrected chi connectivity index (χ3v) is 3.36.